The molecule has 20 heavy (non-hydrogen) atoms. The standard InChI is InChI=1S/C12H17NO2.C2H5NO2/c1-3-9(2)11-7-5-4-6-10(11)8-13-12(14)15;1-3-2(4)5/h4-7,9,13H,3,8H2,1-2H3,(H,14,15);3H,1H3,(H,4,5). The molecule has 0 radical (unpaired) electrons. The molecule has 0 aromatic heterocycles. The molecule has 1 unspecified atom stereocenters. The van der Waals surface area contributed by atoms with Gasteiger partial charge < -0.3 is 20.8 Å². The van der Waals surface area contributed by atoms with Crippen LogP contribution in [0.15, 0.2) is 24.3 Å². The minimum atomic E-state index is -0.995. The molecule has 1 aromatic carbocycles. The van der Waals surface area contributed by atoms with Crippen LogP contribution in [0, 0.1) is 0 Å². The lowest BCUT2D eigenvalue weighted by Gasteiger charge is -2.14. The van der Waals surface area contributed by atoms with Crippen LogP contribution in [-0.4, -0.2) is 29.4 Å². The van der Waals surface area contributed by atoms with Crippen LogP contribution in [0.1, 0.15) is 37.3 Å². The normalized spacial score (nSPS) is 10.8. The Balaban J connectivity index is 0.000000621. The van der Waals surface area contributed by atoms with E-state index in [1.807, 2.05) is 23.5 Å². The molecule has 6 heteroatoms. The monoisotopic (exact) mass is 282 g/mol. The highest BCUT2D eigenvalue weighted by Gasteiger charge is 2.08. The van der Waals surface area contributed by atoms with Crippen LogP contribution in [0.3, 0.4) is 0 Å². The summed E-state index contributed by atoms with van der Waals surface area (Å²) in [5.41, 5.74) is 2.29. The van der Waals surface area contributed by atoms with Crippen LogP contribution in [0.25, 0.3) is 0 Å². The van der Waals surface area contributed by atoms with Gasteiger partial charge in [0.15, 0.2) is 0 Å². The van der Waals surface area contributed by atoms with Crippen LogP contribution in [0.4, 0.5) is 9.59 Å². The minimum absolute atomic E-state index is 0.385. The first-order valence-electron chi connectivity index (χ1n) is 6.37. The van der Waals surface area contributed by atoms with Crippen molar-refractivity contribution in [1.29, 1.82) is 0 Å². The first-order chi connectivity index (χ1) is 9.42. The fraction of sp³-hybridized carbons (Fsp3) is 0.429. The van der Waals surface area contributed by atoms with Gasteiger partial charge in [-0.3, -0.25) is 0 Å². The van der Waals surface area contributed by atoms with Crippen LogP contribution >= 0.6 is 0 Å². The van der Waals surface area contributed by atoms with Gasteiger partial charge in [-0.2, -0.15) is 0 Å². The maximum atomic E-state index is 10.4. The van der Waals surface area contributed by atoms with E-state index in [9.17, 15) is 9.59 Å². The summed E-state index contributed by atoms with van der Waals surface area (Å²) in [6.45, 7) is 4.67. The quantitative estimate of drug-likeness (QED) is 0.682. The molecule has 1 atom stereocenters. The highest BCUT2D eigenvalue weighted by atomic mass is 16.4. The molecule has 0 aliphatic carbocycles. The number of rotatable bonds is 4. The molecule has 112 valence electrons. The van der Waals surface area contributed by atoms with E-state index in [-0.39, 0.29) is 0 Å². The third-order valence-corrected chi connectivity index (χ3v) is 2.84. The summed E-state index contributed by atoms with van der Waals surface area (Å²) in [7, 11) is 1.35. The van der Waals surface area contributed by atoms with E-state index in [0.29, 0.717) is 12.5 Å². The van der Waals surface area contributed by atoms with E-state index in [2.05, 4.69) is 25.2 Å². The zero-order valence-electron chi connectivity index (χ0n) is 12.0. The fourth-order valence-electron chi connectivity index (χ4n) is 1.57. The summed E-state index contributed by atoms with van der Waals surface area (Å²) in [5.74, 6) is 0.469. The zero-order chi connectivity index (χ0) is 15.5. The molecule has 1 rings (SSSR count). The maximum absolute atomic E-state index is 10.4. The average Bonchev–Trinajstić information content (AvgIpc) is 2.45. The highest BCUT2D eigenvalue weighted by molar-refractivity contribution is 5.64. The average molecular weight is 282 g/mol. The Hall–Kier alpha value is -2.24. The van der Waals surface area contributed by atoms with Crippen molar-refractivity contribution in [2.24, 2.45) is 0 Å². The largest absolute Gasteiger partial charge is 0.465 e. The van der Waals surface area contributed by atoms with Gasteiger partial charge in [-0.15, -0.1) is 0 Å². The number of hydrogen-bond acceptors (Lipinski definition) is 2. The second kappa shape index (κ2) is 9.66. The molecule has 0 fully saturated rings. The Morgan fingerprint density at radius 1 is 1.20 bits per heavy atom. The Bertz CT molecular complexity index is 435. The van der Waals surface area contributed by atoms with E-state index in [4.69, 9.17) is 10.2 Å². The summed E-state index contributed by atoms with van der Waals surface area (Å²) < 4.78 is 0. The van der Waals surface area contributed by atoms with Gasteiger partial charge in [-0.05, 0) is 23.5 Å². The molecule has 0 saturated heterocycles. The van der Waals surface area contributed by atoms with Gasteiger partial charge in [-0.25, -0.2) is 9.59 Å². The summed E-state index contributed by atoms with van der Waals surface area (Å²) in [6.07, 6.45) is -0.914. The first kappa shape index (κ1) is 17.8. The van der Waals surface area contributed by atoms with Crippen molar-refractivity contribution in [3.8, 4) is 0 Å². The first-order valence-corrected chi connectivity index (χ1v) is 6.37. The fourth-order valence-corrected chi connectivity index (χ4v) is 1.57. The summed E-state index contributed by atoms with van der Waals surface area (Å²) in [5, 5.41) is 20.5. The van der Waals surface area contributed by atoms with Crippen molar-refractivity contribution in [3.05, 3.63) is 35.4 Å². The second-order valence-electron chi connectivity index (χ2n) is 4.22. The van der Waals surface area contributed by atoms with Gasteiger partial charge in [0.1, 0.15) is 0 Å². The van der Waals surface area contributed by atoms with Crippen LogP contribution < -0.4 is 10.6 Å². The van der Waals surface area contributed by atoms with Crippen molar-refractivity contribution in [2.45, 2.75) is 32.7 Å². The van der Waals surface area contributed by atoms with Crippen molar-refractivity contribution in [3.63, 3.8) is 0 Å². The molecule has 1 aromatic rings. The van der Waals surface area contributed by atoms with Gasteiger partial charge in [0, 0.05) is 13.6 Å². The summed E-state index contributed by atoms with van der Waals surface area (Å²) >= 11 is 0. The Kier molecular flexibility index (Phi) is 8.58. The smallest absolute Gasteiger partial charge is 0.404 e. The number of amides is 2. The molecule has 0 heterocycles. The van der Waals surface area contributed by atoms with Crippen LogP contribution in [-0.2, 0) is 6.54 Å². The van der Waals surface area contributed by atoms with E-state index < -0.39 is 12.2 Å². The predicted molar refractivity (Wildman–Crippen MR) is 77.1 cm³/mol. The van der Waals surface area contributed by atoms with Gasteiger partial charge in [0.05, 0.1) is 0 Å². The SMILES string of the molecule is CCC(C)c1ccccc1CNC(=O)O.CNC(=O)O. The van der Waals surface area contributed by atoms with Crippen molar-refractivity contribution >= 4 is 12.2 Å². The molecular weight excluding hydrogens is 260 g/mol. The molecule has 0 saturated carbocycles. The zero-order valence-corrected chi connectivity index (χ0v) is 12.0. The van der Waals surface area contributed by atoms with E-state index in [1.54, 1.807) is 0 Å². The second-order valence-corrected chi connectivity index (χ2v) is 4.22. The molecule has 6 nitrogen and oxygen atoms in total. The molecule has 0 aliphatic rings. The van der Waals surface area contributed by atoms with Gasteiger partial charge in [-0.1, -0.05) is 38.1 Å². The Morgan fingerprint density at radius 3 is 2.20 bits per heavy atom. The number of hydrogen-bond donors (Lipinski definition) is 4. The topological polar surface area (TPSA) is 98.7 Å². The van der Waals surface area contributed by atoms with Gasteiger partial charge >= 0.3 is 12.2 Å². The lowest BCUT2D eigenvalue weighted by atomic mass is 9.94. The highest BCUT2D eigenvalue weighted by Crippen LogP contribution is 2.22. The minimum Gasteiger partial charge on any atom is -0.465 e. The molecule has 0 aliphatic heterocycles. The Morgan fingerprint density at radius 2 is 1.75 bits per heavy atom. The van der Waals surface area contributed by atoms with Crippen molar-refractivity contribution in [2.75, 3.05) is 7.05 Å². The summed E-state index contributed by atoms with van der Waals surface area (Å²) in [6, 6.07) is 7.96. The molecule has 0 bridgehead atoms. The number of carboxylic acid groups (broad SMARTS) is 2. The lowest BCUT2D eigenvalue weighted by Crippen LogP contribution is -2.21. The number of nitrogens with one attached hydrogen (secondary N) is 2. The van der Waals surface area contributed by atoms with E-state index >= 15 is 0 Å². The third kappa shape index (κ3) is 7.25. The van der Waals surface area contributed by atoms with Crippen LogP contribution in [0.2, 0.25) is 0 Å². The predicted octanol–water partition coefficient (Wildman–Crippen LogP) is 2.85. The number of benzene rings is 1. The molecule has 4 N–H and O–H groups in total. The molecule has 2 amide bonds. The van der Waals surface area contributed by atoms with E-state index in [0.717, 1.165) is 12.0 Å². The van der Waals surface area contributed by atoms with Gasteiger partial charge in [0.2, 0.25) is 0 Å². The van der Waals surface area contributed by atoms with Crippen LogP contribution in [0.5, 0.6) is 0 Å². The lowest BCUT2D eigenvalue weighted by molar-refractivity contribution is 0.193. The van der Waals surface area contributed by atoms with E-state index in [1.165, 1.54) is 12.6 Å². The van der Waals surface area contributed by atoms with Crippen molar-refractivity contribution in [1.82, 2.24) is 10.6 Å². The maximum Gasteiger partial charge on any atom is 0.404 e. The summed E-state index contributed by atoms with van der Waals surface area (Å²) in [4.78, 5) is 19.7. The third-order valence-electron chi connectivity index (χ3n) is 2.84. The molecular formula is C14H22N2O4. The molecule has 0 spiro atoms. The Labute approximate surface area is 118 Å². The van der Waals surface area contributed by atoms with Gasteiger partial charge in [0.25, 0.3) is 0 Å². The van der Waals surface area contributed by atoms with Crippen molar-refractivity contribution < 1.29 is 19.8 Å². The number of carbonyl (C=O) groups is 2.